The zero-order valence-corrected chi connectivity index (χ0v) is 9.63. The van der Waals surface area contributed by atoms with Crippen LogP contribution in [0.25, 0.3) is 0 Å². The zero-order valence-electron chi connectivity index (χ0n) is 8.81. The smallest absolute Gasteiger partial charge is 0.241 e. The molecule has 0 spiro atoms. The highest BCUT2D eigenvalue weighted by molar-refractivity contribution is 7.80. The number of carbonyl (C=O) groups is 1. The molecule has 1 aliphatic heterocycles. The van der Waals surface area contributed by atoms with Gasteiger partial charge in [0.15, 0.2) is 0 Å². The van der Waals surface area contributed by atoms with Crippen molar-refractivity contribution >= 4 is 28.9 Å². The Hall–Kier alpha value is -1.36. The van der Waals surface area contributed by atoms with E-state index in [-0.39, 0.29) is 11.0 Å². The van der Waals surface area contributed by atoms with Crippen LogP contribution < -0.4 is 0 Å². The van der Waals surface area contributed by atoms with Crippen LogP contribution in [0.15, 0.2) is 29.0 Å². The number of allylic oxidation sites excluding steroid dienone is 3. The van der Waals surface area contributed by atoms with Crippen LogP contribution in [0.5, 0.6) is 0 Å². The van der Waals surface area contributed by atoms with Gasteiger partial charge >= 0.3 is 0 Å². The molecule has 3 nitrogen and oxygen atoms in total. The molecule has 1 atom stereocenters. The molecule has 1 heterocycles. The number of nitrogens with zero attached hydrogens (tertiary/aromatic N) is 2. The van der Waals surface area contributed by atoms with E-state index in [1.54, 1.807) is 0 Å². The molecule has 0 bridgehead atoms. The van der Waals surface area contributed by atoms with Crippen molar-refractivity contribution in [3.8, 4) is 0 Å². The first-order valence-electron chi connectivity index (χ1n) is 5.13. The highest BCUT2D eigenvalue weighted by Crippen LogP contribution is 2.23. The predicted molar refractivity (Wildman–Crippen MR) is 63.9 cm³/mol. The molecule has 0 aromatic carbocycles. The largest absolute Gasteiger partial charge is 0.287 e. The van der Waals surface area contributed by atoms with Crippen LogP contribution >= 0.6 is 12.2 Å². The minimum absolute atomic E-state index is 0.184. The number of carbonyl (C=O) groups excluding carboxylic acids is 1. The van der Waals surface area contributed by atoms with Gasteiger partial charge < -0.3 is 0 Å². The Balaban J connectivity index is 2.35. The highest BCUT2D eigenvalue weighted by Gasteiger charge is 2.34. The Morgan fingerprint density at radius 1 is 1.56 bits per heavy atom. The highest BCUT2D eigenvalue weighted by atomic mass is 32.1. The van der Waals surface area contributed by atoms with Gasteiger partial charge in [-0.3, -0.25) is 9.69 Å². The van der Waals surface area contributed by atoms with Crippen molar-refractivity contribution in [1.29, 1.82) is 0 Å². The lowest BCUT2D eigenvalue weighted by Crippen LogP contribution is -2.46. The molecule has 1 aliphatic carbocycles. The van der Waals surface area contributed by atoms with Crippen molar-refractivity contribution in [3.05, 3.63) is 24.1 Å². The second-order valence-corrected chi connectivity index (χ2v) is 4.04. The topological polar surface area (TPSA) is 32.7 Å². The molecule has 0 saturated heterocycles. The summed E-state index contributed by atoms with van der Waals surface area (Å²) in [6.07, 6.45) is 4.88. The average molecular weight is 238 g/mol. The maximum absolute atomic E-state index is 13.1. The van der Waals surface area contributed by atoms with Crippen molar-refractivity contribution in [2.75, 3.05) is 6.54 Å². The van der Waals surface area contributed by atoms with Gasteiger partial charge in [0.2, 0.25) is 11.0 Å². The summed E-state index contributed by atoms with van der Waals surface area (Å²) in [5.41, 5.74) is 0.531. The summed E-state index contributed by atoms with van der Waals surface area (Å²) in [5, 5.41) is 0.276. The van der Waals surface area contributed by atoms with Crippen LogP contribution in [-0.2, 0) is 4.79 Å². The summed E-state index contributed by atoms with van der Waals surface area (Å²) in [5.74, 6) is -1.19. The van der Waals surface area contributed by atoms with Crippen LogP contribution in [0.2, 0.25) is 0 Å². The summed E-state index contributed by atoms with van der Waals surface area (Å²) in [6, 6.07) is 0. The average Bonchev–Trinajstić information content (AvgIpc) is 2.26. The third-order valence-electron chi connectivity index (χ3n) is 2.49. The van der Waals surface area contributed by atoms with Crippen molar-refractivity contribution in [1.82, 2.24) is 4.90 Å². The summed E-state index contributed by atoms with van der Waals surface area (Å²) in [7, 11) is 0. The first kappa shape index (κ1) is 11.1. The van der Waals surface area contributed by atoms with Crippen LogP contribution in [0.4, 0.5) is 4.39 Å². The van der Waals surface area contributed by atoms with Crippen molar-refractivity contribution in [2.24, 2.45) is 10.9 Å². The lowest BCUT2D eigenvalue weighted by Gasteiger charge is -2.30. The van der Waals surface area contributed by atoms with Crippen LogP contribution in [-0.4, -0.2) is 28.2 Å². The fraction of sp³-hybridized carbons (Fsp3) is 0.364. The Kier molecular flexibility index (Phi) is 2.96. The van der Waals surface area contributed by atoms with Gasteiger partial charge in [-0.1, -0.05) is 6.92 Å². The maximum atomic E-state index is 13.1. The standard InChI is InChI=1S/C11H11FN2OS/c1-2-5-14-10(15)8-6-7(12)3-4-9(8)13-11(14)16/h3-4,6,8H,2,5H2,1H3. The molecule has 2 aliphatic rings. The van der Waals surface area contributed by atoms with Gasteiger partial charge in [0, 0.05) is 6.54 Å². The van der Waals surface area contributed by atoms with Gasteiger partial charge in [0.25, 0.3) is 0 Å². The molecule has 1 unspecified atom stereocenters. The van der Waals surface area contributed by atoms with E-state index in [2.05, 4.69) is 4.99 Å². The lowest BCUT2D eigenvalue weighted by atomic mass is 9.95. The van der Waals surface area contributed by atoms with E-state index in [9.17, 15) is 9.18 Å². The van der Waals surface area contributed by atoms with Gasteiger partial charge in [0.05, 0.1) is 5.71 Å². The summed E-state index contributed by atoms with van der Waals surface area (Å²) < 4.78 is 13.1. The number of rotatable bonds is 2. The van der Waals surface area contributed by atoms with Crippen LogP contribution in [0.1, 0.15) is 13.3 Å². The number of amides is 1. The fourth-order valence-electron chi connectivity index (χ4n) is 1.74. The fourth-order valence-corrected chi connectivity index (χ4v) is 2.02. The van der Waals surface area contributed by atoms with Gasteiger partial charge in [-0.05, 0) is 36.9 Å². The molecule has 1 amide bonds. The van der Waals surface area contributed by atoms with Crippen LogP contribution in [0.3, 0.4) is 0 Å². The third kappa shape index (κ3) is 1.82. The predicted octanol–water partition coefficient (Wildman–Crippen LogP) is 2.00. The first-order chi connectivity index (χ1) is 7.63. The summed E-state index contributed by atoms with van der Waals surface area (Å²) in [4.78, 5) is 17.6. The molecule has 2 rings (SSSR count). The number of halogens is 1. The Morgan fingerprint density at radius 3 is 3.00 bits per heavy atom. The summed E-state index contributed by atoms with van der Waals surface area (Å²) in [6.45, 7) is 2.48. The Labute approximate surface area is 98.3 Å². The number of hydrogen-bond donors (Lipinski definition) is 0. The van der Waals surface area contributed by atoms with Crippen molar-refractivity contribution in [2.45, 2.75) is 13.3 Å². The minimum Gasteiger partial charge on any atom is -0.287 e. The molecule has 0 aromatic heterocycles. The quantitative estimate of drug-likeness (QED) is 0.689. The van der Waals surface area contributed by atoms with E-state index < -0.39 is 11.7 Å². The Morgan fingerprint density at radius 2 is 2.31 bits per heavy atom. The monoisotopic (exact) mass is 238 g/mol. The molecule has 84 valence electrons. The maximum Gasteiger partial charge on any atom is 0.241 e. The van der Waals surface area contributed by atoms with Crippen molar-refractivity contribution < 1.29 is 9.18 Å². The first-order valence-corrected chi connectivity index (χ1v) is 5.53. The molecular formula is C11H11FN2OS. The molecule has 0 fully saturated rings. The summed E-state index contributed by atoms with van der Waals surface area (Å²) >= 11 is 5.04. The second kappa shape index (κ2) is 4.25. The molecular weight excluding hydrogens is 227 g/mol. The van der Waals surface area contributed by atoms with E-state index in [1.807, 2.05) is 6.92 Å². The number of aliphatic imine (C=N–C) groups is 1. The van der Waals surface area contributed by atoms with Gasteiger partial charge in [0.1, 0.15) is 11.7 Å². The lowest BCUT2D eigenvalue weighted by molar-refractivity contribution is -0.128. The van der Waals surface area contributed by atoms with E-state index >= 15 is 0 Å². The molecule has 5 heteroatoms. The third-order valence-corrected chi connectivity index (χ3v) is 2.80. The van der Waals surface area contributed by atoms with E-state index in [1.165, 1.54) is 23.1 Å². The van der Waals surface area contributed by atoms with Gasteiger partial charge in [-0.2, -0.15) is 0 Å². The SMILES string of the molecule is CCCN1C(=O)C2C=C(F)C=CC2=NC1=S. The molecule has 0 saturated carbocycles. The number of hydrogen-bond acceptors (Lipinski definition) is 2. The molecule has 16 heavy (non-hydrogen) atoms. The second-order valence-electron chi connectivity index (χ2n) is 3.67. The molecule has 0 N–H and O–H groups in total. The number of thiocarbonyl (C=S) groups is 1. The zero-order chi connectivity index (χ0) is 11.7. The minimum atomic E-state index is -0.608. The van der Waals surface area contributed by atoms with Crippen LogP contribution in [0, 0.1) is 5.92 Å². The van der Waals surface area contributed by atoms with Crippen molar-refractivity contribution in [3.63, 3.8) is 0 Å². The Bertz CT molecular complexity index is 439. The molecule has 0 radical (unpaired) electrons. The van der Waals surface area contributed by atoms with Gasteiger partial charge in [-0.25, -0.2) is 9.38 Å². The van der Waals surface area contributed by atoms with E-state index in [0.717, 1.165) is 6.42 Å². The normalized spacial score (nSPS) is 24.1. The van der Waals surface area contributed by atoms with E-state index in [4.69, 9.17) is 12.2 Å². The molecule has 0 aromatic rings. The number of fused-ring (bicyclic) bond motifs is 1. The van der Waals surface area contributed by atoms with E-state index in [0.29, 0.717) is 12.3 Å². The van der Waals surface area contributed by atoms with Gasteiger partial charge in [-0.15, -0.1) is 0 Å².